The number of piperidine rings is 1. The van der Waals surface area contributed by atoms with Gasteiger partial charge < -0.3 is 15.0 Å². The first kappa shape index (κ1) is 18.2. The van der Waals surface area contributed by atoms with E-state index in [4.69, 9.17) is 4.74 Å². The monoisotopic (exact) mass is 354 g/mol. The highest BCUT2D eigenvalue weighted by Crippen LogP contribution is 2.26. The number of nitrogens with zero attached hydrogens (tertiary/aromatic N) is 3. The van der Waals surface area contributed by atoms with Gasteiger partial charge in [-0.2, -0.15) is 4.98 Å². The molecule has 1 saturated heterocycles. The Labute approximate surface area is 154 Å². The molecule has 1 atom stereocenters. The number of hydrogen-bond acceptors (Lipinski definition) is 6. The Hall–Kier alpha value is -2.63. The van der Waals surface area contributed by atoms with Crippen molar-refractivity contribution < 1.29 is 9.53 Å². The second kappa shape index (κ2) is 8.65. The molecule has 0 radical (unpaired) electrons. The highest BCUT2D eigenvalue weighted by molar-refractivity contribution is 5.96. The number of ether oxygens (including phenoxy) is 1. The molecule has 1 aliphatic heterocycles. The molecule has 1 N–H and O–H groups in total. The molecule has 6 nitrogen and oxygen atoms in total. The van der Waals surface area contributed by atoms with Crippen molar-refractivity contribution in [3.63, 3.8) is 0 Å². The van der Waals surface area contributed by atoms with Crippen LogP contribution in [0.2, 0.25) is 0 Å². The number of benzene rings is 1. The minimum Gasteiger partial charge on any atom is -0.462 e. The topological polar surface area (TPSA) is 67.3 Å². The van der Waals surface area contributed by atoms with Gasteiger partial charge in [-0.25, -0.2) is 9.78 Å². The molecule has 6 heteroatoms. The maximum atomic E-state index is 12.1. The normalized spacial score (nSPS) is 17.0. The Bertz CT molecular complexity index is 750. The number of aromatic nitrogens is 2. The maximum Gasteiger partial charge on any atom is 0.340 e. The first-order valence-corrected chi connectivity index (χ1v) is 9.35. The van der Waals surface area contributed by atoms with Gasteiger partial charge in [-0.1, -0.05) is 19.1 Å². The van der Waals surface area contributed by atoms with Crippen LogP contribution < -0.4 is 10.2 Å². The smallest absolute Gasteiger partial charge is 0.340 e. The summed E-state index contributed by atoms with van der Waals surface area (Å²) in [7, 11) is 0. The van der Waals surface area contributed by atoms with Gasteiger partial charge in [0.05, 0.1) is 17.9 Å². The van der Waals surface area contributed by atoms with E-state index in [0.717, 1.165) is 18.8 Å². The van der Waals surface area contributed by atoms with Gasteiger partial charge in [-0.15, -0.1) is 0 Å². The molecule has 3 rings (SSSR count). The Morgan fingerprint density at radius 3 is 2.92 bits per heavy atom. The van der Waals surface area contributed by atoms with Crippen molar-refractivity contribution in [2.45, 2.75) is 45.6 Å². The van der Waals surface area contributed by atoms with Gasteiger partial charge >= 0.3 is 5.97 Å². The highest BCUT2D eigenvalue weighted by atomic mass is 16.5. The predicted molar refractivity (Wildman–Crippen MR) is 103 cm³/mol. The van der Waals surface area contributed by atoms with Crippen molar-refractivity contribution in [3.05, 3.63) is 42.1 Å². The van der Waals surface area contributed by atoms with Crippen LogP contribution in [-0.4, -0.2) is 35.1 Å². The Morgan fingerprint density at radius 1 is 1.27 bits per heavy atom. The van der Waals surface area contributed by atoms with Crippen LogP contribution in [0.3, 0.4) is 0 Å². The summed E-state index contributed by atoms with van der Waals surface area (Å²) in [5.74, 6) is 1.07. The predicted octanol–water partition coefficient (Wildman–Crippen LogP) is 4.17. The number of hydrogen-bond donors (Lipinski definition) is 1. The molecule has 0 amide bonds. The van der Waals surface area contributed by atoms with E-state index in [-0.39, 0.29) is 5.97 Å². The summed E-state index contributed by atoms with van der Waals surface area (Å²) in [6, 6.07) is 9.73. The molecule has 1 aliphatic rings. The average Bonchev–Trinajstić information content (AvgIpc) is 2.69. The molecular formula is C20H26N4O2. The van der Waals surface area contributed by atoms with Gasteiger partial charge in [0.1, 0.15) is 5.82 Å². The van der Waals surface area contributed by atoms with Crippen molar-refractivity contribution in [2.24, 2.45) is 0 Å². The molecule has 1 unspecified atom stereocenters. The van der Waals surface area contributed by atoms with Crippen molar-refractivity contribution in [2.75, 3.05) is 23.4 Å². The molecule has 0 spiro atoms. The summed E-state index contributed by atoms with van der Waals surface area (Å²) in [6.07, 6.45) is 6.54. The zero-order valence-electron chi connectivity index (χ0n) is 15.4. The van der Waals surface area contributed by atoms with E-state index < -0.39 is 0 Å². The van der Waals surface area contributed by atoms with Crippen LogP contribution in [0.15, 0.2) is 36.5 Å². The second-order valence-corrected chi connectivity index (χ2v) is 6.38. The van der Waals surface area contributed by atoms with E-state index in [1.807, 2.05) is 24.3 Å². The summed E-state index contributed by atoms with van der Waals surface area (Å²) in [5.41, 5.74) is 1.13. The van der Waals surface area contributed by atoms with Crippen molar-refractivity contribution in [1.82, 2.24) is 9.97 Å². The zero-order valence-corrected chi connectivity index (χ0v) is 15.4. The second-order valence-electron chi connectivity index (χ2n) is 6.38. The Kier molecular flexibility index (Phi) is 6.04. The maximum absolute atomic E-state index is 12.1. The third-order valence-electron chi connectivity index (χ3n) is 4.70. The molecule has 1 aromatic heterocycles. The van der Waals surface area contributed by atoms with E-state index >= 15 is 0 Å². The van der Waals surface area contributed by atoms with Crippen LogP contribution >= 0.6 is 0 Å². The Morgan fingerprint density at radius 2 is 2.12 bits per heavy atom. The largest absolute Gasteiger partial charge is 0.462 e. The summed E-state index contributed by atoms with van der Waals surface area (Å²) < 4.78 is 5.13. The average molecular weight is 354 g/mol. The van der Waals surface area contributed by atoms with Crippen LogP contribution in [0.5, 0.6) is 0 Å². The number of para-hydroxylation sites is 1. The molecule has 2 heterocycles. The van der Waals surface area contributed by atoms with Crippen LogP contribution in [0.4, 0.5) is 17.5 Å². The zero-order chi connectivity index (χ0) is 18.4. The number of nitrogens with one attached hydrogen (secondary N) is 1. The fraction of sp³-hybridized carbons (Fsp3) is 0.450. The molecule has 2 aromatic rings. The third kappa shape index (κ3) is 4.12. The highest BCUT2D eigenvalue weighted by Gasteiger charge is 2.22. The van der Waals surface area contributed by atoms with Crippen molar-refractivity contribution >= 4 is 23.4 Å². The van der Waals surface area contributed by atoms with Gasteiger partial charge in [0.15, 0.2) is 0 Å². The fourth-order valence-electron chi connectivity index (χ4n) is 3.40. The summed E-state index contributed by atoms with van der Waals surface area (Å²) in [5, 5.41) is 3.17. The van der Waals surface area contributed by atoms with Gasteiger partial charge in [0.25, 0.3) is 0 Å². The van der Waals surface area contributed by atoms with E-state index in [9.17, 15) is 4.79 Å². The molecule has 138 valence electrons. The van der Waals surface area contributed by atoms with E-state index in [1.165, 1.54) is 19.3 Å². The van der Waals surface area contributed by atoms with Crippen LogP contribution in [0.1, 0.15) is 49.9 Å². The quantitative estimate of drug-likeness (QED) is 0.786. The van der Waals surface area contributed by atoms with E-state index in [1.54, 1.807) is 19.2 Å². The molecule has 26 heavy (non-hydrogen) atoms. The van der Waals surface area contributed by atoms with Gasteiger partial charge in [0.2, 0.25) is 5.95 Å². The standard InChI is InChI=1S/C20H26N4O2/c1-3-15-9-7-8-14-24(15)18-12-13-21-20(23-18)22-17-11-6-5-10-16(17)19(25)26-4-2/h5-6,10-13,15H,3-4,7-9,14H2,1-2H3,(H,21,22,23). The number of carbonyl (C=O) groups is 1. The number of esters is 1. The van der Waals surface area contributed by atoms with Crippen molar-refractivity contribution in [1.29, 1.82) is 0 Å². The lowest BCUT2D eigenvalue weighted by Crippen LogP contribution is -2.39. The first-order valence-electron chi connectivity index (χ1n) is 9.35. The fourth-order valence-corrected chi connectivity index (χ4v) is 3.40. The number of carbonyl (C=O) groups excluding carboxylic acids is 1. The molecular weight excluding hydrogens is 328 g/mol. The lowest BCUT2D eigenvalue weighted by atomic mass is 10.0. The molecule has 0 saturated carbocycles. The van der Waals surface area contributed by atoms with Crippen LogP contribution in [-0.2, 0) is 4.74 Å². The van der Waals surface area contributed by atoms with E-state index in [0.29, 0.717) is 29.8 Å². The molecule has 0 bridgehead atoms. The van der Waals surface area contributed by atoms with Crippen molar-refractivity contribution in [3.8, 4) is 0 Å². The molecule has 0 aliphatic carbocycles. The SMILES string of the molecule is CCOC(=O)c1ccccc1Nc1nccc(N2CCCCC2CC)n1. The van der Waals surface area contributed by atoms with Gasteiger partial charge in [0, 0.05) is 18.8 Å². The molecule has 1 fully saturated rings. The van der Waals surface area contributed by atoms with Gasteiger partial charge in [-0.3, -0.25) is 0 Å². The lowest BCUT2D eigenvalue weighted by molar-refractivity contribution is 0.0527. The number of anilines is 3. The van der Waals surface area contributed by atoms with E-state index in [2.05, 4.69) is 27.1 Å². The minimum atomic E-state index is -0.353. The van der Waals surface area contributed by atoms with Crippen LogP contribution in [0, 0.1) is 0 Å². The summed E-state index contributed by atoms with van der Waals surface area (Å²) in [6.45, 7) is 5.38. The lowest BCUT2D eigenvalue weighted by Gasteiger charge is -2.36. The third-order valence-corrected chi connectivity index (χ3v) is 4.70. The van der Waals surface area contributed by atoms with Gasteiger partial charge in [-0.05, 0) is 50.8 Å². The summed E-state index contributed by atoms with van der Waals surface area (Å²) in [4.78, 5) is 23.5. The summed E-state index contributed by atoms with van der Waals surface area (Å²) >= 11 is 0. The minimum absolute atomic E-state index is 0.340. The van der Waals surface area contributed by atoms with Crippen LogP contribution in [0.25, 0.3) is 0 Å². The molecule has 1 aromatic carbocycles. The Balaban J connectivity index is 1.82. The number of rotatable bonds is 6. The first-order chi connectivity index (χ1) is 12.7.